The molecule has 0 aromatic heterocycles. The van der Waals surface area contributed by atoms with Crippen LogP contribution in [0, 0.1) is 0 Å². The molecular weight excluding hydrogens is 192 g/mol. The Kier molecular flexibility index (Phi) is 3.27. The first kappa shape index (κ1) is 10.5. The van der Waals surface area contributed by atoms with Crippen LogP contribution in [0.2, 0.25) is 0 Å². The van der Waals surface area contributed by atoms with E-state index in [2.05, 4.69) is 10.6 Å². The number of hydrogen-bond donors (Lipinski definition) is 2. The van der Waals surface area contributed by atoms with Gasteiger partial charge in [-0.25, -0.2) is 8.42 Å². The summed E-state index contributed by atoms with van der Waals surface area (Å²) in [4.78, 5) is 10.8. The summed E-state index contributed by atoms with van der Waals surface area (Å²) in [6, 6.07) is -0.0534. The van der Waals surface area contributed by atoms with Gasteiger partial charge in [0, 0.05) is 13.1 Å². The van der Waals surface area contributed by atoms with Crippen LogP contribution in [0.1, 0.15) is 6.42 Å². The lowest BCUT2D eigenvalue weighted by Gasteiger charge is -2.08. The predicted molar refractivity (Wildman–Crippen MR) is 49.1 cm³/mol. The highest BCUT2D eigenvalue weighted by atomic mass is 32.2. The van der Waals surface area contributed by atoms with E-state index in [-0.39, 0.29) is 30.0 Å². The number of sulfone groups is 1. The topological polar surface area (TPSA) is 75.3 Å². The summed E-state index contributed by atoms with van der Waals surface area (Å²) < 4.78 is 22.0. The van der Waals surface area contributed by atoms with Crippen molar-refractivity contribution in [2.75, 3.05) is 25.1 Å². The molecule has 1 aliphatic heterocycles. The molecule has 6 heteroatoms. The second-order valence-corrected chi connectivity index (χ2v) is 5.38. The third-order valence-electron chi connectivity index (χ3n) is 2.06. The molecule has 0 spiro atoms. The van der Waals surface area contributed by atoms with Gasteiger partial charge in [-0.1, -0.05) is 0 Å². The summed E-state index contributed by atoms with van der Waals surface area (Å²) in [5, 5.41) is 5.36. The van der Waals surface area contributed by atoms with Gasteiger partial charge in [0.25, 0.3) is 0 Å². The van der Waals surface area contributed by atoms with E-state index in [1.165, 1.54) is 0 Å². The minimum atomic E-state index is -2.84. The molecule has 1 saturated heterocycles. The maximum Gasteiger partial charge on any atom is 0.233 e. The molecular formula is C7H14N2O3S. The molecule has 1 unspecified atom stereocenters. The normalized spacial score (nSPS) is 25.8. The standard InChI is InChI=1S/C7H14N2O3S/c1-8-7(10)4-9-6-2-3-13(11,12)5-6/h6,9H,2-5H2,1H3,(H,8,10). The van der Waals surface area contributed by atoms with Crippen LogP contribution in [0.25, 0.3) is 0 Å². The second kappa shape index (κ2) is 4.06. The Hall–Kier alpha value is -0.620. The molecule has 76 valence electrons. The van der Waals surface area contributed by atoms with Crippen LogP contribution in [-0.4, -0.2) is 45.5 Å². The van der Waals surface area contributed by atoms with Crippen molar-refractivity contribution in [2.45, 2.75) is 12.5 Å². The fourth-order valence-corrected chi connectivity index (χ4v) is 2.99. The van der Waals surface area contributed by atoms with Crippen LogP contribution < -0.4 is 10.6 Å². The lowest BCUT2D eigenvalue weighted by atomic mass is 10.2. The number of nitrogens with one attached hydrogen (secondary N) is 2. The molecule has 13 heavy (non-hydrogen) atoms. The first-order valence-electron chi connectivity index (χ1n) is 4.18. The van der Waals surface area contributed by atoms with Gasteiger partial charge >= 0.3 is 0 Å². The Morgan fingerprint density at radius 1 is 1.54 bits per heavy atom. The van der Waals surface area contributed by atoms with Crippen molar-refractivity contribution in [1.82, 2.24) is 10.6 Å². The van der Waals surface area contributed by atoms with E-state index in [1.54, 1.807) is 7.05 Å². The highest BCUT2D eigenvalue weighted by molar-refractivity contribution is 7.91. The third-order valence-corrected chi connectivity index (χ3v) is 3.83. The quantitative estimate of drug-likeness (QED) is 0.590. The summed E-state index contributed by atoms with van der Waals surface area (Å²) >= 11 is 0. The molecule has 1 aliphatic rings. The smallest absolute Gasteiger partial charge is 0.233 e. The summed E-state index contributed by atoms with van der Waals surface area (Å²) in [7, 11) is -1.29. The number of amides is 1. The van der Waals surface area contributed by atoms with Gasteiger partial charge in [-0.3, -0.25) is 4.79 Å². The molecule has 5 nitrogen and oxygen atoms in total. The molecule has 0 aliphatic carbocycles. The van der Waals surface area contributed by atoms with Crippen molar-refractivity contribution in [3.8, 4) is 0 Å². The van der Waals surface area contributed by atoms with E-state index in [9.17, 15) is 13.2 Å². The van der Waals surface area contributed by atoms with E-state index in [0.29, 0.717) is 6.42 Å². The van der Waals surface area contributed by atoms with E-state index in [1.807, 2.05) is 0 Å². The molecule has 0 radical (unpaired) electrons. The maximum absolute atomic E-state index is 11.0. The summed E-state index contributed by atoms with van der Waals surface area (Å²) in [5.74, 6) is 0.270. The lowest BCUT2D eigenvalue weighted by Crippen LogP contribution is -2.38. The van der Waals surface area contributed by atoms with Gasteiger partial charge in [0.15, 0.2) is 9.84 Å². The average Bonchev–Trinajstić information content (AvgIpc) is 2.41. The fraction of sp³-hybridized carbons (Fsp3) is 0.857. The van der Waals surface area contributed by atoms with Gasteiger partial charge in [0.1, 0.15) is 0 Å². The highest BCUT2D eigenvalue weighted by Crippen LogP contribution is 2.10. The molecule has 0 aromatic rings. The predicted octanol–water partition coefficient (Wildman–Crippen LogP) is -1.49. The Morgan fingerprint density at radius 2 is 2.23 bits per heavy atom. The van der Waals surface area contributed by atoms with Crippen LogP contribution in [0.4, 0.5) is 0 Å². The maximum atomic E-state index is 11.0. The molecule has 1 rings (SSSR count). The Morgan fingerprint density at radius 3 is 2.69 bits per heavy atom. The summed E-state index contributed by atoms with van der Waals surface area (Å²) in [5.41, 5.74) is 0. The van der Waals surface area contributed by atoms with Crippen molar-refractivity contribution in [2.24, 2.45) is 0 Å². The van der Waals surface area contributed by atoms with Gasteiger partial charge in [-0.15, -0.1) is 0 Å². The Balaban J connectivity index is 2.29. The van der Waals surface area contributed by atoms with E-state index in [0.717, 1.165) is 0 Å². The van der Waals surface area contributed by atoms with Crippen molar-refractivity contribution < 1.29 is 13.2 Å². The Bertz CT molecular complexity index is 286. The zero-order valence-electron chi connectivity index (χ0n) is 7.54. The van der Waals surface area contributed by atoms with Crippen LogP contribution in [0.5, 0.6) is 0 Å². The second-order valence-electron chi connectivity index (χ2n) is 3.15. The van der Waals surface area contributed by atoms with Gasteiger partial charge in [0.2, 0.25) is 5.91 Å². The minimum Gasteiger partial charge on any atom is -0.358 e. The summed E-state index contributed by atoms with van der Waals surface area (Å²) in [6.07, 6.45) is 0.610. The number of carbonyl (C=O) groups is 1. The van der Waals surface area contributed by atoms with Crippen molar-refractivity contribution >= 4 is 15.7 Å². The van der Waals surface area contributed by atoms with Crippen LogP contribution in [0.3, 0.4) is 0 Å². The first-order chi connectivity index (χ1) is 6.03. The molecule has 0 saturated carbocycles. The van der Waals surface area contributed by atoms with Crippen LogP contribution in [-0.2, 0) is 14.6 Å². The van der Waals surface area contributed by atoms with Gasteiger partial charge in [0.05, 0.1) is 18.1 Å². The molecule has 2 N–H and O–H groups in total. The van der Waals surface area contributed by atoms with E-state index in [4.69, 9.17) is 0 Å². The lowest BCUT2D eigenvalue weighted by molar-refractivity contribution is -0.119. The van der Waals surface area contributed by atoms with Crippen LogP contribution >= 0.6 is 0 Å². The van der Waals surface area contributed by atoms with Gasteiger partial charge < -0.3 is 10.6 Å². The zero-order chi connectivity index (χ0) is 9.90. The average molecular weight is 206 g/mol. The number of likely N-dealkylation sites (N-methyl/N-ethyl adjacent to an activating group) is 1. The molecule has 1 atom stereocenters. The molecule has 1 heterocycles. The third kappa shape index (κ3) is 3.31. The Labute approximate surface area is 77.8 Å². The van der Waals surface area contributed by atoms with Crippen molar-refractivity contribution in [3.63, 3.8) is 0 Å². The minimum absolute atomic E-state index is 0.0534. The largest absolute Gasteiger partial charge is 0.358 e. The molecule has 1 fully saturated rings. The summed E-state index contributed by atoms with van der Waals surface area (Å²) in [6.45, 7) is 0.191. The van der Waals surface area contributed by atoms with Crippen molar-refractivity contribution in [3.05, 3.63) is 0 Å². The molecule has 1 amide bonds. The fourth-order valence-electron chi connectivity index (χ4n) is 1.28. The molecule has 0 bridgehead atoms. The van der Waals surface area contributed by atoms with Gasteiger partial charge in [-0.2, -0.15) is 0 Å². The number of hydrogen-bond acceptors (Lipinski definition) is 4. The zero-order valence-corrected chi connectivity index (χ0v) is 8.36. The monoisotopic (exact) mass is 206 g/mol. The molecule has 0 aromatic carbocycles. The number of carbonyl (C=O) groups excluding carboxylic acids is 1. The van der Waals surface area contributed by atoms with Gasteiger partial charge in [-0.05, 0) is 6.42 Å². The SMILES string of the molecule is CNC(=O)CNC1CCS(=O)(=O)C1. The van der Waals surface area contributed by atoms with Crippen molar-refractivity contribution in [1.29, 1.82) is 0 Å². The van der Waals surface area contributed by atoms with E-state index >= 15 is 0 Å². The first-order valence-corrected chi connectivity index (χ1v) is 6.00. The number of rotatable bonds is 3. The van der Waals surface area contributed by atoms with Crippen LogP contribution in [0.15, 0.2) is 0 Å². The van der Waals surface area contributed by atoms with E-state index < -0.39 is 9.84 Å². The highest BCUT2D eigenvalue weighted by Gasteiger charge is 2.27.